The molecule has 7 nitrogen and oxygen atoms in total. The molecule has 0 aliphatic rings. The van der Waals surface area contributed by atoms with Crippen molar-refractivity contribution in [2.24, 2.45) is 0 Å². The van der Waals surface area contributed by atoms with Crippen LogP contribution in [0.25, 0.3) is 0 Å². The van der Waals surface area contributed by atoms with Crippen LogP contribution in [-0.4, -0.2) is 25.8 Å². The average molecular weight is 379 g/mol. The number of alkyl halides is 3. The Morgan fingerprint density at radius 1 is 1.26 bits per heavy atom. The summed E-state index contributed by atoms with van der Waals surface area (Å²) in [6.07, 6.45) is -3.19. The second kappa shape index (κ2) is 7.60. The van der Waals surface area contributed by atoms with E-state index in [9.17, 15) is 18.0 Å². The van der Waals surface area contributed by atoms with Crippen molar-refractivity contribution < 1.29 is 22.5 Å². The maximum atomic E-state index is 12.6. The number of amides is 1. The van der Waals surface area contributed by atoms with Crippen molar-refractivity contribution in [1.29, 1.82) is 0 Å². The smallest absolute Gasteiger partial charge is 0.347 e. The van der Waals surface area contributed by atoms with Crippen LogP contribution in [0.2, 0.25) is 0 Å². The fraction of sp³-hybridized carbons (Fsp3) is 0.294. The average Bonchev–Trinajstić information content (AvgIpc) is 3.24. The van der Waals surface area contributed by atoms with Gasteiger partial charge >= 0.3 is 6.18 Å². The number of benzene rings is 1. The molecule has 3 rings (SSSR count). The molecule has 10 heteroatoms. The van der Waals surface area contributed by atoms with E-state index in [0.717, 1.165) is 22.5 Å². The van der Waals surface area contributed by atoms with Crippen molar-refractivity contribution in [3.63, 3.8) is 0 Å². The number of carbonyl (C=O) groups excluding carboxylic acids is 1. The van der Waals surface area contributed by atoms with Crippen LogP contribution in [0.4, 0.5) is 13.2 Å². The Hall–Kier alpha value is -3.17. The zero-order valence-corrected chi connectivity index (χ0v) is 14.3. The van der Waals surface area contributed by atoms with Crippen LogP contribution >= 0.6 is 0 Å². The van der Waals surface area contributed by atoms with Crippen molar-refractivity contribution in [2.75, 3.05) is 0 Å². The predicted molar refractivity (Wildman–Crippen MR) is 87.3 cm³/mol. The first kappa shape index (κ1) is 18.6. The fourth-order valence-electron chi connectivity index (χ4n) is 2.52. The molecule has 2 aromatic heterocycles. The van der Waals surface area contributed by atoms with Gasteiger partial charge in [-0.2, -0.15) is 23.3 Å². The second-order valence-electron chi connectivity index (χ2n) is 5.87. The molecular weight excluding hydrogens is 363 g/mol. The van der Waals surface area contributed by atoms with E-state index in [1.807, 2.05) is 30.3 Å². The summed E-state index contributed by atoms with van der Waals surface area (Å²) in [6, 6.07) is 9.46. The quantitative estimate of drug-likeness (QED) is 0.712. The lowest BCUT2D eigenvalue weighted by Crippen LogP contribution is -2.33. The maximum Gasteiger partial charge on any atom is 0.435 e. The summed E-state index contributed by atoms with van der Waals surface area (Å²) in [5, 5.41) is 9.87. The van der Waals surface area contributed by atoms with Crippen LogP contribution < -0.4 is 5.32 Å². The summed E-state index contributed by atoms with van der Waals surface area (Å²) < 4.78 is 43.9. The van der Waals surface area contributed by atoms with Gasteiger partial charge in [0.15, 0.2) is 11.5 Å². The molecule has 0 spiro atoms. The molecule has 0 saturated heterocycles. The van der Waals surface area contributed by atoms with Crippen molar-refractivity contribution in [1.82, 2.24) is 25.2 Å². The van der Waals surface area contributed by atoms with Gasteiger partial charge in [-0.25, -0.2) is 0 Å². The molecular formula is C17H16F3N5O2. The third-order valence-electron chi connectivity index (χ3n) is 3.72. The summed E-state index contributed by atoms with van der Waals surface area (Å²) in [7, 11) is 0. The van der Waals surface area contributed by atoms with Crippen LogP contribution in [0, 0.1) is 6.92 Å². The molecule has 1 N–H and O–H groups in total. The van der Waals surface area contributed by atoms with Crippen molar-refractivity contribution in [3.8, 4) is 0 Å². The minimum Gasteiger partial charge on any atom is -0.347 e. The Balaban J connectivity index is 1.71. The molecule has 0 bridgehead atoms. The first-order valence-corrected chi connectivity index (χ1v) is 8.05. The zero-order chi connectivity index (χ0) is 19.4. The monoisotopic (exact) mass is 379 g/mol. The molecule has 0 fully saturated rings. The summed E-state index contributed by atoms with van der Waals surface area (Å²) in [4.78, 5) is 16.5. The number of aromatic nitrogens is 4. The lowest BCUT2D eigenvalue weighted by atomic mass is 10.0. The molecule has 142 valence electrons. The van der Waals surface area contributed by atoms with E-state index in [0.29, 0.717) is 11.7 Å². The number of hydrogen-bond acceptors (Lipinski definition) is 5. The van der Waals surface area contributed by atoms with E-state index in [4.69, 9.17) is 4.52 Å². The molecule has 2 heterocycles. The van der Waals surface area contributed by atoms with Crippen LogP contribution in [0.15, 0.2) is 47.1 Å². The number of aryl methyl sites for hydroxylation is 1. The van der Waals surface area contributed by atoms with Gasteiger partial charge in [0.25, 0.3) is 0 Å². The molecule has 27 heavy (non-hydrogen) atoms. The molecule has 0 aliphatic heterocycles. The highest BCUT2D eigenvalue weighted by molar-refractivity contribution is 5.76. The highest BCUT2D eigenvalue weighted by atomic mass is 19.4. The summed E-state index contributed by atoms with van der Waals surface area (Å²) in [5.74, 6) is 0.330. The van der Waals surface area contributed by atoms with Gasteiger partial charge in [0.05, 0.1) is 12.5 Å². The number of halogens is 3. The lowest BCUT2D eigenvalue weighted by Gasteiger charge is -2.17. The Bertz CT molecular complexity index is 905. The fourth-order valence-corrected chi connectivity index (χ4v) is 2.52. The van der Waals surface area contributed by atoms with E-state index in [-0.39, 0.29) is 13.0 Å². The Kier molecular flexibility index (Phi) is 5.24. The molecule has 0 aliphatic carbocycles. The van der Waals surface area contributed by atoms with Gasteiger partial charge in [-0.1, -0.05) is 35.5 Å². The Morgan fingerprint density at radius 2 is 2.00 bits per heavy atom. The predicted octanol–water partition coefficient (Wildman–Crippen LogP) is 2.69. The van der Waals surface area contributed by atoms with Gasteiger partial charge in [-0.05, 0) is 18.6 Å². The number of carbonyl (C=O) groups is 1. The molecule has 1 aromatic carbocycles. The van der Waals surface area contributed by atoms with E-state index in [2.05, 4.69) is 20.6 Å². The van der Waals surface area contributed by atoms with Crippen molar-refractivity contribution in [3.05, 3.63) is 65.6 Å². The minimum absolute atomic E-state index is 0.253. The Labute approximate surface area is 152 Å². The van der Waals surface area contributed by atoms with Gasteiger partial charge in [0.2, 0.25) is 11.8 Å². The number of hydrogen-bond donors (Lipinski definition) is 1. The Morgan fingerprint density at radius 3 is 2.59 bits per heavy atom. The number of rotatable bonds is 6. The third-order valence-corrected chi connectivity index (χ3v) is 3.72. The lowest BCUT2D eigenvalue weighted by molar-refractivity contribution is -0.141. The van der Waals surface area contributed by atoms with Crippen LogP contribution in [0.5, 0.6) is 0 Å². The first-order valence-electron chi connectivity index (χ1n) is 8.05. The van der Waals surface area contributed by atoms with E-state index >= 15 is 0 Å². The highest BCUT2D eigenvalue weighted by Crippen LogP contribution is 2.27. The van der Waals surface area contributed by atoms with Crippen LogP contribution in [0.1, 0.15) is 29.0 Å². The van der Waals surface area contributed by atoms with Crippen LogP contribution in [-0.2, 0) is 23.9 Å². The summed E-state index contributed by atoms with van der Waals surface area (Å²) >= 11 is 0. The maximum absolute atomic E-state index is 12.6. The van der Waals surface area contributed by atoms with Gasteiger partial charge < -0.3 is 9.84 Å². The van der Waals surface area contributed by atoms with E-state index < -0.39 is 23.8 Å². The molecule has 1 amide bonds. The van der Waals surface area contributed by atoms with Gasteiger partial charge in [0, 0.05) is 6.20 Å². The topological polar surface area (TPSA) is 85.8 Å². The third kappa shape index (κ3) is 4.93. The van der Waals surface area contributed by atoms with Gasteiger partial charge in [0.1, 0.15) is 6.54 Å². The first-order chi connectivity index (χ1) is 12.8. The van der Waals surface area contributed by atoms with Crippen molar-refractivity contribution >= 4 is 5.91 Å². The standard InChI is InChI=1S/C17H16F3N5O2/c1-11-21-16(27-24-11)9-13(12-5-3-2-4-6-12)22-15(26)10-25-8-7-14(23-25)17(18,19)20/h2-8,13H,9-10H2,1H3,(H,22,26). The minimum atomic E-state index is -4.55. The zero-order valence-electron chi connectivity index (χ0n) is 14.3. The van der Waals surface area contributed by atoms with Crippen molar-refractivity contribution in [2.45, 2.75) is 32.1 Å². The SMILES string of the molecule is Cc1noc(CC(NC(=O)Cn2ccc(C(F)(F)F)n2)c2ccccc2)n1. The summed E-state index contributed by atoms with van der Waals surface area (Å²) in [6.45, 7) is 1.33. The highest BCUT2D eigenvalue weighted by Gasteiger charge is 2.33. The molecule has 0 radical (unpaired) electrons. The largest absolute Gasteiger partial charge is 0.435 e. The van der Waals surface area contributed by atoms with Crippen LogP contribution in [0.3, 0.4) is 0 Å². The van der Waals surface area contributed by atoms with Gasteiger partial charge in [-0.15, -0.1) is 0 Å². The van der Waals surface area contributed by atoms with E-state index in [1.54, 1.807) is 6.92 Å². The molecule has 1 atom stereocenters. The number of nitrogens with zero attached hydrogens (tertiary/aromatic N) is 4. The molecule has 0 saturated carbocycles. The molecule has 1 unspecified atom stereocenters. The normalized spacial score (nSPS) is 12.7. The van der Waals surface area contributed by atoms with Gasteiger partial charge in [-0.3, -0.25) is 9.48 Å². The molecule has 3 aromatic rings. The summed E-state index contributed by atoms with van der Waals surface area (Å²) in [5.41, 5.74) is -0.241. The number of nitrogens with one attached hydrogen (secondary N) is 1. The van der Waals surface area contributed by atoms with E-state index in [1.165, 1.54) is 0 Å². The second-order valence-corrected chi connectivity index (χ2v) is 5.87.